The average molecular weight is 348 g/mol. The van der Waals surface area contributed by atoms with E-state index in [1.165, 1.54) is 16.4 Å². The van der Waals surface area contributed by atoms with Gasteiger partial charge in [-0.05, 0) is 29.6 Å². The molecule has 0 spiro atoms. The number of anilines is 1. The van der Waals surface area contributed by atoms with Gasteiger partial charge in [-0.15, -0.1) is 17.9 Å². The summed E-state index contributed by atoms with van der Waals surface area (Å²) in [5, 5.41) is 2.44. The third-order valence-corrected chi connectivity index (χ3v) is 6.22. The highest BCUT2D eigenvalue weighted by atomic mass is 35.5. The molecule has 0 aliphatic heterocycles. The maximum absolute atomic E-state index is 12.6. The summed E-state index contributed by atoms with van der Waals surface area (Å²) in [7, 11) is -3.67. The Balaban J connectivity index is 2.57. The van der Waals surface area contributed by atoms with Gasteiger partial charge in [0, 0.05) is 5.02 Å². The number of sulfonamides is 1. The van der Waals surface area contributed by atoms with Crippen molar-refractivity contribution in [2.75, 3.05) is 10.8 Å². The summed E-state index contributed by atoms with van der Waals surface area (Å²) in [6, 6.07) is 7.94. The Morgan fingerprint density at radius 1 is 1.30 bits per heavy atom. The Kier molecular flexibility index (Phi) is 4.75. The van der Waals surface area contributed by atoms with Gasteiger partial charge in [-0.1, -0.05) is 35.3 Å². The van der Waals surface area contributed by atoms with Crippen LogP contribution in [0.15, 0.2) is 52.6 Å². The summed E-state index contributed by atoms with van der Waals surface area (Å²) in [5.41, 5.74) is 0.340. The second-order valence-corrected chi connectivity index (χ2v) is 7.73. The topological polar surface area (TPSA) is 37.4 Å². The number of benzene rings is 1. The van der Waals surface area contributed by atoms with Crippen molar-refractivity contribution in [3.8, 4) is 0 Å². The van der Waals surface area contributed by atoms with Crippen molar-refractivity contribution in [2.45, 2.75) is 4.21 Å². The first-order valence-corrected chi connectivity index (χ1v) is 8.66. The Labute approximate surface area is 132 Å². The second-order valence-electron chi connectivity index (χ2n) is 3.85. The smallest absolute Gasteiger partial charge is 0.260 e. The minimum atomic E-state index is -3.67. The Bertz CT molecular complexity index is 712. The molecule has 0 N–H and O–H groups in total. The van der Waals surface area contributed by atoms with E-state index in [1.54, 1.807) is 29.6 Å². The molecule has 0 aliphatic carbocycles. The predicted octanol–water partition coefficient (Wildman–Crippen LogP) is 4.44. The molecule has 106 valence electrons. The number of thiophene rings is 1. The molecule has 1 aromatic carbocycles. The van der Waals surface area contributed by atoms with E-state index in [0.29, 0.717) is 15.7 Å². The molecule has 0 amide bonds. The molecular formula is C13H11Cl2NO2S2. The highest BCUT2D eigenvalue weighted by molar-refractivity contribution is 7.94. The van der Waals surface area contributed by atoms with Crippen molar-refractivity contribution < 1.29 is 8.42 Å². The molecule has 0 aliphatic rings. The molecule has 20 heavy (non-hydrogen) atoms. The van der Waals surface area contributed by atoms with Crippen LogP contribution in [-0.2, 0) is 10.0 Å². The lowest BCUT2D eigenvalue weighted by Gasteiger charge is -2.23. The maximum Gasteiger partial charge on any atom is 0.274 e. The number of hydrogen-bond acceptors (Lipinski definition) is 3. The van der Waals surface area contributed by atoms with Gasteiger partial charge in [-0.25, -0.2) is 8.42 Å². The zero-order valence-corrected chi connectivity index (χ0v) is 13.4. The van der Waals surface area contributed by atoms with Crippen LogP contribution in [0, 0.1) is 0 Å². The van der Waals surface area contributed by atoms with E-state index in [9.17, 15) is 8.42 Å². The first-order chi connectivity index (χ1) is 9.46. The molecule has 0 bridgehead atoms. The second kappa shape index (κ2) is 6.18. The molecule has 7 heteroatoms. The van der Waals surface area contributed by atoms with Crippen molar-refractivity contribution >= 4 is 50.2 Å². The minimum Gasteiger partial charge on any atom is -0.260 e. The standard InChI is InChI=1S/C13H11Cl2NO2S2/c1-2-7-16(12-9-10(14)5-6-11(12)15)20(17,18)13-4-3-8-19-13/h2-6,8-9H,1,7H2. The van der Waals surface area contributed by atoms with E-state index in [0.717, 1.165) is 11.3 Å². The summed E-state index contributed by atoms with van der Waals surface area (Å²) < 4.78 is 26.7. The van der Waals surface area contributed by atoms with E-state index in [-0.39, 0.29) is 10.8 Å². The summed E-state index contributed by atoms with van der Waals surface area (Å²) in [4.78, 5) is 0. The molecule has 2 rings (SSSR count). The minimum absolute atomic E-state index is 0.111. The van der Waals surface area contributed by atoms with Crippen molar-refractivity contribution in [3.63, 3.8) is 0 Å². The molecule has 1 aromatic heterocycles. The first-order valence-electron chi connectivity index (χ1n) is 5.59. The van der Waals surface area contributed by atoms with Crippen molar-refractivity contribution in [2.24, 2.45) is 0 Å². The van der Waals surface area contributed by atoms with Crippen LogP contribution in [0.5, 0.6) is 0 Å². The van der Waals surface area contributed by atoms with Gasteiger partial charge < -0.3 is 0 Å². The van der Waals surface area contributed by atoms with Crippen LogP contribution in [0.3, 0.4) is 0 Å². The molecule has 0 radical (unpaired) electrons. The summed E-state index contributed by atoms with van der Waals surface area (Å²) in [6.45, 7) is 3.71. The van der Waals surface area contributed by atoms with Gasteiger partial charge in [0.15, 0.2) is 0 Å². The van der Waals surface area contributed by atoms with Gasteiger partial charge in [0.05, 0.1) is 17.3 Å². The van der Waals surface area contributed by atoms with Gasteiger partial charge in [0.25, 0.3) is 10.0 Å². The lowest BCUT2D eigenvalue weighted by atomic mass is 10.3. The zero-order chi connectivity index (χ0) is 14.8. The SMILES string of the molecule is C=CCN(c1cc(Cl)ccc1Cl)S(=O)(=O)c1cccs1. The molecule has 0 fully saturated rings. The highest BCUT2D eigenvalue weighted by Crippen LogP contribution is 2.33. The highest BCUT2D eigenvalue weighted by Gasteiger charge is 2.26. The fourth-order valence-corrected chi connectivity index (χ4v) is 4.63. The molecule has 0 saturated carbocycles. The largest absolute Gasteiger partial charge is 0.274 e. The number of hydrogen-bond donors (Lipinski definition) is 0. The van der Waals surface area contributed by atoms with E-state index in [4.69, 9.17) is 23.2 Å². The van der Waals surface area contributed by atoms with Gasteiger partial charge in [-0.2, -0.15) is 0 Å². The van der Waals surface area contributed by atoms with Crippen LogP contribution in [-0.4, -0.2) is 15.0 Å². The van der Waals surface area contributed by atoms with Gasteiger partial charge in [-0.3, -0.25) is 4.31 Å². The quantitative estimate of drug-likeness (QED) is 0.750. The van der Waals surface area contributed by atoms with Crippen LogP contribution in [0.2, 0.25) is 10.0 Å². The Hall–Kier alpha value is -1.01. The molecule has 1 heterocycles. The molecular weight excluding hydrogens is 337 g/mol. The monoisotopic (exact) mass is 347 g/mol. The van der Waals surface area contributed by atoms with Crippen LogP contribution >= 0.6 is 34.5 Å². The molecule has 3 nitrogen and oxygen atoms in total. The van der Waals surface area contributed by atoms with Crippen LogP contribution in [0.1, 0.15) is 0 Å². The van der Waals surface area contributed by atoms with Crippen LogP contribution < -0.4 is 4.31 Å². The molecule has 0 atom stereocenters. The summed E-state index contributed by atoms with van der Waals surface area (Å²) in [6.07, 6.45) is 1.50. The molecule has 2 aromatic rings. The summed E-state index contributed by atoms with van der Waals surface area (Å²) >= 11 is 13.2. The lowest BCUT2D eigenvalue weighted by Crippen LogP contribution is -2.30. The molecule has 0 unspecified atom stereocenters. The van der Waals surface area contributed by atoms with E-state index in [2.05, 4.69) is 6.58 Å². The number of nitrogens with zero attached hydrogens (tertiary/aromatic N) is 1. The lowest BCUT2D eigenvalue weighted by molar-refractivity contribution is 0.595. The zero-order valence-electron chi connectivity index (χ0n) is 10.3. The average Bonchev–Trinajstić information content (AvgIpc) is 2.93. The fraction of sp³-hybridized carbons (Fsp3) is 0.0769. The third kappa shape index (κ3) is 3.01. The van der Waals surface area contributed by atoms with E-state index >= 15 is 0 Å². The van der Waals surface area contributed by atoms with Gasteiger partial charge in [0.1, 0.15) is 4.21 Å². The first kappa shape index (κ1) is 15.4. The van der Waals surface area contributed by atoms with E-state index in [1.807, 2.05) is 0 Å². The predicted molar refractivity (Wildman–Crippen MR) is 85.5 cm³/mol. The van der Waals surface area contributed by atoms with Crippen LogP contribution in [0.25, 0.3) is 0 Å². The normalized spacial score (nSPS) is 11.3. The van der Waals surface area contributed by atoms with Gasteiger partial charge in [0.2, 0.25) is 0 Å². The third-order valence-electron chi connectivity index (χ3n) is 2.51. The van der Waals surface area contributed by atoms with Gasteiger partial charge >= 0.3 is 0 Å². The van der Waals surface area contributed by atoms with E-state index < -0.39 is 10.0 Å². The Morgan fingerprint density at radius 3 is 2.65 bits per heavy atom. The van der Waals surface area contributed by atoms with Crippen LogP contribution in [0.4, 0.5) is 5.69 Å². The maximum atomic E-state index is 12.6. The van der Waals surface area contributed by atoms with Crippen molar-refractivity contribution in [3.05, 3.63) is 58.4 Å². The molecule has 0 saturated heterocycles. The Morgan fingerprint density at radius 2 is 2.05 bits per heavy atom. The van der Waals surface area contributed by atoms with Crippen molar-refractivity contribution in [1.29, 1.82) is 0 Å². The fourth-order valence-electron chi connectivity index (χ4n) is 1.64. The summed E-state index contributed by atoms with van der Waals surface area (Å²) in [5.74, 6) is 0. The van der Waals surface area contributed by atoms with Crippen molar-refractivity contribution in [1.82, 2.24) is 0 Å². The number of halogens is 2. The number of rotatable bonds is 5.